The minimum absolute atomic E-state index is 0.0345. The molecule has 1 aliphatic rings. The molecule has 1 fully saturated rings. The molecule has 4 rings (SSSR count). The molecule has 9 nitrogen and oxygen atoms in total. The number of ether oxygens (including phenoxy) is 2. The number of sulfone groups is 1. The van der Waals surface area contributed by atoms with E-state index in [1.54, 1.807) is 24.7 Å². The Morgan fingerprint density at radius 1 is 1.08 bits per heavy atom. The van der Waals surface area contributed by atoms with Crippen LogP contribution in [0.3, 0.4) is 0 Å². The van der Waals surface area contributed by atoms with Crippen LogP contribution in [0.15, 0.2) is 60.0 Å². The number of rotatable bonds is 10. The molecule has 1 saturated heterocycles. The van der Waals surface area contributed by atoms with E-state index < -0.39 is 9.84 Å². The van der Waals surface area contributed by atoms with E-state index in [1.807, 2.05) is 24.6 Å². The summed E-state index contributed by atoms with van der Waals surface area (Å²) in [5.74, 6) is 1.25. The number of amides is 1. The van der Waals surface area contributed by atoms with Crippen LogP contribution in [-0.2, 0) is 16.4 Å². The standard InChI is InChI=1S/C27H34N4O5S/c1-4-35-24-15-20(16-25(36-5-2)26(24)31-14-11-28-19-31)18-30-12-9-22(10-13-30)29-27(32)21-7-6-8-23(17-21)37(3,33)34/h6-8,11,14-17,19,22H,4-5,9-10,12-13,18H2,1-3H3,(H,29,32). The average Bonchev–Trinajstić information content (AvgIpc) is 3.40. The number of likely N-dealkylation sites (tertiary alicyclic amines) is 1. The maximum Gasteiger partial charge on any atom is 0.251 e. The Labute approximate surface area is 218 Å². The van der Waals surface area contributed by atoms with Gasteiger partial charge >= 0.3 is 0 Å². The van der Waals surface area contributed by atoms with E-state index in [2.05, 4.69) is 27.3 Å². The first kappa shape index (κ1) is 26.7. The van der Waals surface area contributed by atoms with Crippen molar-refractivity contribution in [3.8, 4) is 17.2 Å². The van der Waals surface area contributed by atoms with Crippen molar-refractivity contribution in [2.45, 2.75) is 44.2 Å². The summed E-state index contributed by atoms with van der Waals surface area (Å²) in [6.45, 7) is 7.38. The van der Waals surface area contributed by atoms with Crippen molar-refractivity contribution in [1.29, 1.82) is 0 Å². The third-order valence-corrected chi connectivity index (χ3v) is 7.43. The van der Waals surface area contributed by atoms with Crippen LogP contribution in [-0.4, -0.2) is 67.4 Å². The second-order valence-corrected chi connectivity index (χ2v) is 11.1. The maximum atomic E-state index is 12.7. The van der Waals surface area contributed by atoms with E-state index in [0.717, 1.165) is 61.5 Å². The molecule has 0 spiro atoms. The number of aromatic nitrogens is 2. The van der Waals surface area contributed by atoms with Crippen LogP contribution in [0.1, 0.15) is 42.6 Å². The second-order valence-electron chi connectivity index (χ2n) is 9.10. The first-order chi connectivity index (χ1) is 17.8. The van der Waals surface area contributed by atoms with Crippen molar-refractivity contribution < 1.29 is 22.7 Å². The van der Waals surface area contributed by atoms with E-state index in [1.165, 1.54) is 12.1 Å². The fourth-order valence-electron chi connectivity index (χ4n) is 4.54. The minimum atomic E-state index is -3.37. The number of carbonyl (C=O) groups is 1. The molecule has 0 saturated carbocycles. The molecule has 0 unspecified atom stereocenters. The van der Waals surface area contributed by atoms with Crippen molar-refractivity contribution in [2.75, 3.05) is 32.6 Å². The predicted molar refractivity (Wildman–Crippen MR) is 141 cm³/mol. The summed E-state index contributed by atoms with van der Waals surface area (Å²) in [6, 6.07) is 10.3. The van der Waals surface area contributed by atoms with Gasteiger partial charge in [-0.2, -0.15) is 0 Å². The minimum Gasteiger partial charge on any atom is -0.492 e. The lowest BCUT2D eigenvalue weighted by Crippen LogP contribution is -2.44. The highest BCUT2D eigenvalue weighted by molar-refractivity contribution is 7.90. The number of carbonyl (C=O) groups excluding carboxylic acids is 1. The van der Waals surface area contributed by atoms with E-state index in [0.29, 0.717) is 18.8 Å². The summed E-state index contributed by atoms with van der Waals surface area (Å²) in [5, 5.41) is 3.06. The molecule has 0 bridgehead atoms. The van der Waals surface area contributed by atoms with Crippen molar-refractivity contribution in [1.82, 2.24) is 19.8 Å². The first-order valence-corrected chi connectivity index (χ1v) is 14.4. The Morgan fingerprint density at radius 3 is 2.32 bits per heavy atom. The maximum absolute atomic E-state index is 12.7. The van der Waals surface area contributed by atoms with Gasteiger partial charge < -0.3 is 14.8 Å². The molecule has 2 aromatic carbocycles. The van der Waals surface area contributed by atoms with Gasteiger partial charge in [0.15, 0.2) is 9.84 Å². The molecule has 0 aliphatic carbocycles. The molecule has 3 aromatic rings. The van der Waals surface area contributed by atoms with Gasteiger partial charge in [-0.3, -0.25) is 14.3 Å². The molecule has 1 aromatic heterocycles. The third kappa shape index (κ3) is 6.69. The number of nitrogens with one attached hydrogen (secondary N) is 1. The molecule has 1 N–H and O–H groups in total. The largest absolute Gasteiger partial charge is 0.492 e. The zero-order valence-electron chi connectivity index (χ0n) is 21.5. The quantitative estimate of drug-likeness (QED) is 0.432. The summed E-state index contributed by atoms with van der Waals surface area (Å²) in [6.07, 6.45) is 8.08. The molecule has 1 amide bonds. The molecule has 0 radical (unpaired) electrons. The van der Waals surface area contributed by atoms with Crippen molar-refractivity contribution in [3.05, 3.63) is 66.2 Å². The van der Waals surface area contributed by atoms with Crippen LogP contribution in [0, 0.1) is 0 Å². The molecular weight excluding hydrogens is 492 g/mol. The molecule has 0 atom stereocenters. The fraction of sp³-hybridized carbons (Fsp3) is 0.407. The number of hydrogen-bond donors (Lipinski definition) is 1. The van der Waals surface area contributed by atoms with Crippen LogP contribution >= 0.6 is 0 Å². The van der Waals surface area contributed by atoms with E-state index in [-0.39, 0.29) is 16.8 Å². The van der Waals surface area contributed by atoms with Gasteiger partial charge in [0.2, 0.25) is 0 Å². The highest BCUT2D eigenvalue weighted by Crippen LogP contribution is 2.35. The Bertz CT molecular complexity index is 1290. The number of imidazole rings is 1. The summed E-state index contributed by atoms with van der Waals surface area (Å²) in [4.78, 5) is 19.4. The highest BCUT2D eigenvalue weighted by Gasteiger charge is 2.23. The van der Waals surface area contributed by atoms with Gasteiger partial charge in [0, 0.05) is 49.9 Å². The third-order valence-electron chi connectivity index (χ3n) is 6.32. The van der Waals surface area contributed by atoms with Gasteiger partial charge in [0.05, 0.1) is 24.4 Å². The molecule has 37 heavy (non-hydrogen) atoms. The van der Waals surface area contributed by atoms with E-state index in [9.17, 15) is 13.2 Å². The lowest BCUT2D eigenvalue weighted by atomic mass is 10.0. The second kappa shape index (κ2) is 11.8. The van der Waals surface area contributed by atoms with Crippen LogP contribution in [0.2, 0.25) is 0 Å². The predicted octanol–water partition coefficient (Wildman–Crippen LogP) is 3.47. The zero-order chi connectivity index (χ0) is 26.4. The van der Waals surface area contributed by atoms with Gasteiger partial charge in [0.1, 0.15) is 17.2 Å². The van der Waals surface area contributed by atoms with Crippen LogP contribution in [0.5, 0.6) is 11.5 Å². The van der Waals surface area contributed by atoms with Gasteiger partial charge in [-0.1, -0.05) is 6.07 Å². The van der Waals surface area contributed by atoms with Crippen molar-refractivity contribution >= 4 is 15.7 Å². The molecule has 10 heteroatoms. The Morgan fingerprint density at radius 2 is 1.76 bits per heavy atom. The number of benzene rings is 2. The SMILES string of the molecule is CCOc1cc(CN2CCC(NC(=O)c3cccc(S(C)(=O)=O)c3)CC2)cc(OCC)c1-n1ccnc1. The highest BCUT2D eigenvalue weighted by atomic mass is 32.2. The number of nitrogens with zero attached hydrogens (tertiary/aromatic N) is 3. The van der Waals surface area contributed by atoms with Crippen molar-refractivity contribution in [3.63, 3.8) is 0 Å². The average molecular weight is 527 g/mol. The summed E-state index contributed by atoms with van der Waals surface area (Å²) in [7, 11) is -3.37. The summed E-state index contributed by atoms with van der Waals surface area (Å²) < 4.78 is 37.5. The summed E-state index contributed by atoms with van der Waals surface area (Å²) >= 11 is 0. The van der Waals surface area contributed by atoms with E-state index >= 15 is 0 Å². The van der Waals surface area contributed by atoms with Crippen LogP contribution in [0.25, 0.3) is 5.69 Å². The van der Waals surface area contributed by atoms with Crippen LogP contribution in [0.4, 0.5) is 0 Å². The smallest absolute Gasteiger partial charge is 0.251 e. The number of piperidine rings is 1. The first-order valence-electron chi connectivity index (χ1n) is 12.5. The molecular formula is C27H34N4O5S. The normalized spacial score (nSPS) is 14.9. The molecule has 2 heterocycles. The summed E-state index contributed by atoms with van der Waals surface area (Å²) in [5.41, 5.74) is 2.29. The van der Waals surface area contributed by atoms with E-state index in [4.69, 9.17) is 9.47 Å². The monoisotopic (exact) mass is 526 g/mol. The topological polar surface area (TPSA) is 103 Å². The van der Waals surface area contributed by atoms with Gasteiger partial charge in [0.25, 0.3) is 5.91 Å². The van der Waals surface area contributed by atoms with Crippen LogP contribution < -0.4 is 14.8 Å². The van der Waals surface area contributed by atoms with Crippen molar-refractivity contribution in [2.24, 2.45) is 0 Å². The van der Waals surface area contributed by atoms with Gasteiger partial charge in [-0.05, 0) is 62.6 Å². The van der Waals surface area contributed by atoms with Gasteiger partial charge in [-0.15, -0.1) is 0 Å². The molecule has 198 valence electrons. The lowest BCUT2D eigenvalue weighted by molar-refractivity contribution is 0.0908. The fourth-order valence-corrected chi connectivity index (χ4v) is 5.20. The Kier molecular flexibility index (Phi) is 8.50. The Hall–Kier alpha value is -3.37. The molecule has 1 aliphatic heterocycles. The number of hydrogen-bond acceptors (Lipinski definition) is 7. The zero-order valence-corrected chi connectivity index (χ0v) is 22.3. The Balaban J connectivity index is 1.41. The van der Waals surface area contributed by atoms with Gasteiger partial charge in [-0.25, -0.2) is 13.4 Å². The lowest BCUT2D eigenvalue weighted by Gasteiger charge is -2.32.